The Balaban J connectivity index is 1.61. The molecule has 1 saturated carbocycles. The Morgan fingerprint density at radius 3 is 2.50 bits per heavy atom. The normalized spacial score (nSPS) is 21.6. The third-order valence-electron chi connectivity index (χ3n) is 6.24. The van der Waals surface area contributed by atoms with Crippen LogP contribution in [0.25, 0.3) is 11.4 Å². The van der Waals surface area contributed by atoms with Gasteiger partial charge in [-0.3, -0.25) is 4.79 Å². The number of fused-ring (bicyclic) bond motifs is 1. The van der Waals surface area contributed by atoms with Crippen molar-refractivity contribution in [2.24, 2.45) is 17.6 Å². The van der Waals surface area contributed by atoms with Crippen LogP contribution in [0, 0.1) is 11.8 Å². The van der Waals surface area contributed by atoms with E-state index in [4.69, 9.17) is 15.8 Å². The molecule has 0 saturated heterocycles. The Kier molecular flexibility index (Phi) is 5.49. The highest BCUT2D eigenvalue weighted by Crippen LogP contribution is 2.34. The Morgan fingerprint density at radius 1 is 1.11 bits per heavy atom. The zero-order valence-corrected chi connectivity index (χ0v) is 16.9. The topological polar surface area (TPSA) is 77.0 Å². The van der Waals surface area contributed by atoms with Gasteiger partial charge in [-0.25, -0.2) is 9.67 Å². The number of hydrogen-bond donors (Lipinski definition) is 1. The second-order valence-electron chi connectivity index (χ2n) is 8.53. The van der Waals surface area contributed by atoms with Gasteiger partial charge in [0.1, 0.15) is 0 Å². The average Bonchev–Trinajstić information content (AvgIpc) is 3.17. The highest BCUT2D eigenvalue weighted by Gasteiger charge is 2.39. The maximum absolute atomic E-state index is 13.3. The quantitative estimate of drug-likeness (QED) is 0.881. The lowest BCUT2D eigenvalue weighted by atomic mass is 9.83. The van der Waals surface area contributed by atoms with Crippen molar-refractivity contribution in [3.05, 3.63) is 36.2 Å². The third-order valence-corrected chi connectivity index (χ3v) is 6.24. The summed E-state index contributed by atoms with van der Waals surface area (Å²) in [7, 11) is 0. The molecule has 0 bridgehead atoms. The summed E-state index contributed by atoms with van der Waals surface area (Å²) in [5.74, 6) is 2.25. The molecule has 1 aromatic carbocycles. The van der Waals surface area contributed by atoms with Gasteiger partial charge in [-0.15, -0.1) is 0 Å². The van der Waals surface area contributed by atoms with E-state index in [9.17, 15) is 4.79 Å². The van der Waals surface area contributed by atoms with E-state index in [-0.39, 0.29) is 17.9 Å². The Bertz CT molecular complexity index is 810. The molecule has 1 fully saturated rings. The van der Waals surface area contributed by atoms with Crippen LogP contribution < -0.4 is 5.73 Å². The molecule has 4 rings (SSSR count). The molecule has 0 spiro atoms. The number of amides is 1. The molecule has 2 atom stereocenters. The lowest BCUT2D eigenvalue weighted by molar-refractivity contribution is -0.139. The molecule has 0 radical (unpaired) electrons. The van der Waals surface area contributed by atoms with Crippen LogP contribution in [0.4, 0.5) is 0 Å². The maximum Gasteiger partial charge on any atom is 0.240 e. The number of carbonyl (C=O) groups is 1. The van der Waals surface area contributed by atoms with Gasteiger partial charge in [0.05, 0.1) is 18.6 Å². The molecule has 28 heavy (non-hydrogen) atoms. The third kappa shape index (κ3) is 3.58. The minimum Gasteiger partial charge on any atom is -0.329 e. The van der Waals surface area contributed by atoms with Crippen LogP contribution in [0.1, 0.15) is 57.8 Å². The van der Waals surface area contributed by atoms with Gasteiger partial charge in [-0.1, -0.05) is 63.4 Å². The van der Waals surface area contributed by atoms with E-state index in [0.29, 0.717) is 19.0 Å². The predicted molar refractivity (Wildman–Crippen MR) is 109 cm³/mol. The lowest BCUT2D eigenvalue weighted by Crippen LogP contribution is -2.53. The summed E-state index contributed by atoms with van der Waals surface area (Å²) in [5.41, 5.74) is 7.47. The van der Waals surface area contributed by atoms with Crippen molar-refractivity contribution in [2.75, 3.05) is 6.54 Å². The summed E-state index contributed by atoms with van der Waals surface area (Å²) >= 11 is 0. The molecule has 1 aliphatic heterocycles. The minimum absolute atomic E-state index is 0.0825. The lowest BCUT2D eigenvalue weighted by Gasteiger charge is -2.40. The Hall–Kier alpha value is -2.21. The predicted octanol–water partition coefficient (Wildman–Crippen LogP) is 3.39. The van der Waals surface area contributed by atoms with Crippen LogP contribution >= 0.6 is 0 Å². The SMILES string of the molecule is CC(C)[C@H]1c2nc(-c3ccccc3)nn2CCN1C(=O)[C@@H](N)C1CCCCC1. The average molecular weight is 382 g/mol. The molecule has 0 unspecified atom stereocenters. The van der Waals surface area contributed by atoms with Gasteiger partial charge in [-0.2, -0.15) is 5.10 Å². The summed E-state index contributed by atoms with van der Waals surface area (Å²) < 4.78 is 1.98. The van der Waals surface area contributed by atoms with E-state index in [2.05, 4.69) is 13.8 Å². The zero-order chi connectivity index (χ0) is 19.7. The summed E-state index contributed by atoms with van der Waals surface area (Å²) in [6.07, 6.45) is 5.78. The van der Waals surface area contributed by atoms with Gasteiger partial charge in [0.2, 0.25) is 5.91 Å². The van der Waals surface area contributed by atoms with Crippen molar-refractivity contribution < 1.29 is 4.79 Å². The zero-order valence-electron chi connectivity index (χ0n) is 16.9. The van der Waals surface area contributed by atoms with Crippen LogP contribution in [-0.4, -0.2) is 38.2 Å². The first-order valence-electron chi connectivity index (χ1n) is 10.6. The standard InChI is InChI=1S/C22H31N5O/c1-15(2)19-21-24-20(17-11-7-4-8-12-17)25-27(21)14-13-26(19)22(28)18(23)16-9-5-3-6-10-16/h4,7-8,11-12,15-16,18-19H,3,5-6,9-10,13-14,23H2,1-2H3/t18-,19-/m0/s1. The molecule has 2 N–H and O–H groups in total. The molecule has 2 aromatic rings. The summed E-state index contributed by atoms with van der Waals surface area (Å²) in [6, 6.07) is 9.54. The molecule has 6 heteroatoms. The van der Waals surface area contributed by atoms with Crippen LogP contribution in [-0.2, 0) is 11.3 Å². The maximum atomic E-state index is 13.3. The van der Waals surface area contributed by atoms with E-state index >= 15 is 0 Å². The first kappa shape index (κ1) is 19.1. The van der Waals surface area contributed by atoms with Crippen molar-refractivity contribution in [1.82, 2.24) is 19.7 Å². The van der Waals surface area contributed by atoms with E-state index < -0.39 is 6.04 Å². The molecule has 1 amide bonds. The number of rotatable bonds is 4. The fourth-order valence-corrected chi connectivity index (χ4v) is 4.72. The number of nitrogens with two attached hydrogens (primary N) is 1. The van der Waals surface area contributed by atoms with Gasteiger partial charge in [0.15, 0.2) is 11.6 Å². The molecule has 150 valence electrons. The van der Waals surface area contributed by atoms with Gasteiger partial charge >= 0.3 is 0 Å². The van der Waals surface area contributed by atoms with Gasteiger partial charge in [-0.05, 0) is 24.7 Å². The number of carbonyl (C=O) groups excluding carboxylic acids is 1. The molecule has 2 aliphatic rings. The van der Waals surface area contributed by atoms with Crippen LogP contribution in [0.3, 0.4) is 0 Å². The second kappa shape index (κ2) is 8.03. The largest absolute Gasteiger partial charge is 0.329 e. The van der Waals surface area contributed by atoms with Crippen LogP contribution in [0.5, 0.6) is 0 Å². The number of hydrogen-bond acceptors (Lipinski definition) is 4. The fraction of sp³-hybridized carbons (Fsp3) is 0.591. The summed E-state index contributed by atoms with van der Waals surface area (Å²) in [6.45, 7) is 5.60. The van der Waals surface area contributed by atoms with Crippen molar-refractivity contribution in [3.63, 3.8) is 0 Å². The number of nitrogens with zero attached hydrogens (tertiary/aromatic N) is 4. The molecule has 6 nitrogen and oxygen atoms in total. The Labute approximate surface area is 167 Å². The van der Waals surface area contributed by atoms with Crippen molar-refractivity contribution in [3.8, 4) is 11.4 Å². The van der Waals surface area contributed by atoms with Gasteiger partial charge in [0, 0.05) is 12.1 Å². The molecule has 2 heterocycles. The van der Waals surface area contributed by atoms with Crippen LogP contribution in [0.2, 0.25) is 0 Å². The van der Waals surface area contributed by atoms with Gasteiger partial charge in [0.25, 0.3) is 0 Å². The van der Waals surface area contributed by atoms with E-state index in [1.54, 1.807) is 0 Å². The molecular formula is C22H31N5O. The first-order chi connectivity index (χ1) is 13.6. The monoisotopic (exact) mass is 381 g/mol. The Morgan fingerprint density at radius 2 is 1.82 bits per heavy atom. The summed E-state index contributed by atoms with van der Waals surface area (Å²) in [4.78, 5) is 20.2. The first-order valence-corrected chi connectivity index (χ1v) is 10.6. The van der Waals surface area contributed by atoms with E-state index in [1.165, 1.54) is 19.3 Å². The summed E-state index contributed by atoms with van der Waals surface area (Å²) in [5, 5.41) is 4.72. The van der Waals surface area contributed by atoms with E-state index in [0.717, 1.165) is 30.1 Å². The fourth-order valence-electron chi connectivity index (χ4n) is 4.72. The van der Waals surface area contributed by atoms with Crippen molar-refractivity contribution in [2.45, 2.75) is 64.6 Å². The van der Waals surface area contributed by atoms with Crippen molar-refractivity contribution in [1.29, 1.82) is 0 Å². The smallest absolute Gasteiger partial charge is 0.240 e. The highest BCUT2D eigenvalue weighted by molar-refractivity contribution is 5.82. The second-order valence-corrected chi connectivity index (χ2v) is 8.53. The van der Waals surface area contributed by atoms with Crippen LogP contribution in [0.15, 0.2) is 30.3 Å². The van der Waals surface area contributed by atoms with E-state index in [1.807, 2.05) is 39.9 Å². The van der Waals surface area contributed by atoms with Gasteiger partial charge < -0.3 is 10.6 Å². The minimum atomic E-state index is -0.399. The highest BCUT2D eigenvalue weighted by atomic mass is 16.2. The molecule has 1 aromatic heterocycles. The number of benzene rings is 1. The molecular weight excluding hydrogens is 350 g/mol. The molecule has 1 aliphatic carbocycles. The van der Waals surface area contributed by atoms with Crippen molar-refractivity contribution >= 4 is 5.91 Å². The number of aromatic nitrogens is 3.